The van der Waals surface area contributed by atoms with Crippen LogP contribution in [0.25, 0.3) is 5.57 Å². The molecule has 0 atom stereocenters. The van der Waals surface area contributed by atoms with Gasteiger partial charge in [0, 0.05) is 16.7 Å². The van der Waals surface area contributed by atoms with Gasteiger partial charge in [-0.3, -0.25) is 9.59 Å². The number of methoxy groups -OCH3 is 3. The number of esters is 1. The molecule has 0 amide bonds. The van der Waals surface area contributed by atoms with E-state index in [1.54, 1.807) is 18.2 Å². The van der Waals surface area contributed by atoms with E-state index in [0.717, 1.165) is 0 Å². The van der Waals surface area contributed by atoms with Gasteiger partial charge in [0.15, 0.2) is 0 Å². The molecule has 23 heavy (non-hydrogen) atoms. The molecule has 2 rings (SSSR count). The van der Waals surface area contributed by atoms with Crippen LogP contribution >= 0.6 is 0 Å². The van der Waals surface area contributed by atoms with Gasteiger partial charge in [0.25, 0.3) is 0 Å². The molecule has 0 heterocycles. The first-order chi connectivity index (χ1) is 11.0. The summed E-state index contributed by atoms with van der Waals surface area (Å²) in [6, 6.07) is 6.43. The fourth-order valence-corrected chi connectivity index (χ4v) is 2.46. The highest BCUT2D eigenvalue weighted by molar-refractivity contribution is 6.38. The Labute approximate surface area is 133 Å². The summed E-state index contributed by atoms with van der Waals surface area (Å²) in [5, 5.41) is 0. The highest BCUT2D eigenvalue weighted by Gasteiger charge is 2.36. The number of ketones is 2. The zero-order valence-electron chi connectivity index (χ0n) is 13.3. The van der Waals surface area contributed by atoms with E-state index in [1.165, 1.54) is 34.3 Å². The molecule has 1 aromatic carbocycles. The Kier molecular flexibility index (Phi) is 4.64. The Morgan fingerprint density at radius 1 is 0.913 bits per heavy atom. The molecular weight excluding hydrogens is 300 g/mol. The highest BCUT2D eigenvalue weighted by Crippen LogP contribution is 2.33. The standard InChI is InChI=1S/C17H16O6/c1-9-12(10-7-5-6-8-11(10)17(20)23-4)14(19)16(22-3)15(21-2)13(9)18/h5-8H,1-4H3. The number of benzene rings is 1. The van der Waals surface area contributed by atoms with Crippen molar-refractivity contribution in [3.8, 4) is 0 Å². The Morgan fingerprint density at radius 3 is 2.04 bits per heavy atom. The largest absolute Gasteiger partial charge is 0.489 e. The first kappa shape index (κ1) is 16.5. The molecule has 0 spiro atoms. The number of Topliss-reactive ketones (excluding diaryl/α,β-unsaturated/α-hetero) is 2. The van der Waals surface area contributed by atoms with E-state index in [-0.39, 0.29) is 28.2 Å². The molecule has 6 nitrogen and oxygen atoms in total. The number of hydrogen-bond donors (Lipinski definition) is 0. The second kappa shape index (κ2) is 6.48. The SMILES string of the molecule is COC(=O)c1ccccc1C1=C(C)C(=O)C(OC)=C(OC)C1=O. The first-order valence-electron chi connectivity index (χ1n) is 6.78. The van der Waals surface area contributed by atoms with Crippen molar-refractivity contribution in [2.24, 2.45) is 0 Å². The van der Waals surface area contributed by atoms with Gasteiger partial charge >= 0.3 is 5.97 Å². The van der Waals surface area contributed by atoms with Gasteiger partial charge in [0.2, 0.25) is 23.1 Å². The Bertz CT molecular complexity index is 754. The zero-order valence-corrected chi connectivity index (χ0v) is 13.3. The van der Waals surface area contributed by atoms with Gasteiger partial charge in [0.05, 0.1) is 26.9 Å². The molecule has 1 aromatic rings. The number of ether oxygens (including phenoxy) is 3. The van der Waals surface area contributed by atoms with Crippen LogP contribution in [-0.4, -0.2) is 38.9 Å². The van der Waals surface area contributed by atoms with Crippen LogP contribution in [0.2, 0.25) is 0 Å². The molecule has 0 radical (unpaired) electrons. The molecule has 1 aliphatic rings. The second-order valence-corrected chi connectivity index (χ2v) is 4.76. The fourth-order valence-electron chi connectivity index (χ4n) is 2.46. The summed E-state index contributed by atoms with van der Waals surface area (Å²) in [5.41, 5.74) is 0.805. The van der Waals surface area contributed by atoms with E-state index < -0.39 is 17.5 Å². The van der Waals surface area contributed by atoms with Crippen molar-refractivity contribution in [2.45, 2.75) is 6.92 Å². The third kappa shape index (κ3) is 2.63. The maximum Gasteiger partial charge on any atom is 0.338 e. The van der Waals surface area contributed by atoms with Crippen molar-refractivity contribution >= 4 is 23.1 Å². The summed E-state index contributed by atoms with van der Waals surface area (Å²) in [5.74, 6) is -1.90. The van der Waals surface area contributed by atoms with Crippen LogP contribution in [0.5, 0.6) is 0 Å². The lowest BCUT2D eigenvalue weighted by atomic mass is 9.86. The van der Waals surface area contributed by atoms with Crippen LogP contribution in [-0.2, 0) is 23.8 Å². The molecule has 0 aliphatic heterocycles. The maximum absolute atomic E-state index is 12.7. The van der Waals surface area contributed by atoms with Gasteiger partial charge in [-0.2, -0.15) is 0 Å². The van der Waals surface area contributed by atoms with E-state index in [9.17, 15) is 14.4 Å². The predicted molar refractivity (Wildman–Crippen MR) is 81.4 cm³/mol. The number of allylic oxidation sites excluding steroid dienone is 2. The second-order valence-electron chi connectivity index (χ2n) is 4.76. The zero-order chi connectivity index (χ0) is 17.1. The van der Waals surface area contributed by atoms with Crippen LogP contribution in [0.4, 0.5) is 0 Å². The molecular formula is C17H16O6. The van der Waals surface area contributed by atoms with Crippen molar-refractivity contribution in [3.63, 3.8) is 0 Å². The third-order valence-electron chi connectivity index (χ3n) is 3.57. The summed E-state index contributed by atoms with van der Waals surface area (Å²) in [6.07, 6.45) is 0. The Balaban J connectivity index is 2.70. The average molecular weight is 316 g/mol. The highest BCUT2D eigenvalue weighted by atomic mass is 16.5. The lowest BCUT2D eigenvalue weighted by molar-refractivity contribution is -0.119. The summed E-state index contributed by atoms with van der Waals surface area (Å²) < 4.78 is 14.8. The predicted octanol–water partition coefficient (Wildman–Crippen LogP) is 1.90. The number of carbonyl (C=O) groups is 3. The summed E-state index contributed by atoms with van der Waals surface area (Å²) in [4.78, 5) is 37.1. The van der Waals surface area contributed by atoms with Crippen LogP contribution in [0.15, 0.2) is 41.4 Å². The number of hydrogen-bond acceptors (Lipinski definition) is 6. The smallest absolute Gasteiger partial charge is 0.338 e. The topological polar surface area (TPSA) is 78.9 Å². The van der Waals surface area contributed by atoms with E-state index in [0.29, 0.717) is 5.56 Å². The van der Waals surface area contributed by atoms with E-state index >= 15 is 0 Å². The fraction of sp³-hybridized carbons (Fsp3) is 0.235. The number of rotatable bonds is 4. The van der Waals surface area contributed by atoms with Crippen LogP contribution < -0.4 is 0 Å². The van der Waals surface area contributed by atoms with E-state index in [4.69, 9.17) is 14.2 Å². The summed E-state index contributed by atoms with van der Waals surface area (Å²) in [7, 11) is 3.82. The monoisotopic (exact) mass is 316 g/mol. The van der Waals surface area contributed by atoms with E-state index in [2.05, 4.69) is 0 Å². The van der Waals surface area contributed by atoms with Crippen LogP contribution in [0, 0.1) is 0 Å². The normalized spacial score (nSPS) is 15.0. The van der Waals surface area contributed by atoms with Gasteiger partial charge in [-0.1, -0.05) is 18.2 Å². The molecule has 0 aromatic heterocycles. The minimum atomic E-state index is -0.596. The molecule has 0 fully saturated rings. The lowest BCUT2D eigenvalue weighted by Crippen LogP contribution is -2.25. The van der Waals surface area contributed by atoms with Gasteiger partial charge in [0.1, 0.15) is 0 Å². The van der Waals surface area contributed by atoms with E-state index in [1.807, 2.05) is 0 Å². The molecule has 120 valence electrons. The summed E-state index contributed by atoms with van der Waals surface area (Å²) >= 11 is 0. The Hall–Kier alpha value is -2.89. The summed E-state index contributed by atoms with van der Waals surface area (Å²) in [6.45, 7) is 1.51. The first-order valence-corrected chi connectivity index (χ1v) is 6.78. The van der Waals surface area contributed by atoms with Crippen molar-refractivity contribution in [2.75, 3.05) is 21.3 Å². The van der Waals surface area contributed by atoms with Crippen molar-refractivity contribution in [1.29, 1.82) is 0 Å². The molecule has 0 saturated heterocycles. The number of carbonyl (C=O) groups excluding carboxylic acids is 3. The molecule has 0 N–H and O–H groups in total. The maximum atomic E-state index is 12.7. The van der Waals surface area contributed by atoms with Gasteiger partial charge in [-0.05, 0) is 13.0 Å². The lowest BCUT2D eigenvalue weighted by Gasteiger charge is -2.21. The Morgan fingerprint density at radius 2 is 1.48 bits per heavy atom. The minimum Gasteiger partial charge on any atom is -0.489 e. The quantitative estimate of drug-likeness (QED) is 0.623. The molecule has 6 heteroatoms. The van der Waals surface area contributed by atoms with Crippen LogP contribution in [0.3, 0.4) is 0 Å². The third-order valence-corrected chi connectivity index (χ3v) is 3.57. The van der Waals surface area contributed by atoms with Crippen molar-refractivity contribution in [3.05, 3.63) is 52.5 Å². The van der Waals surface area contributed by atoms with Crippen molar-refractivity contribution < 1.29 is 28.6 Å². The molecule has 0 unspecified atom stereocenters. The molecule has 0 bridgehead atoms. The van der Waals surface area contributed by atoms with Gasteiger partial charge < -0.3 is 14.2 Å². The van der Waals surface area contributed by atoms with Crippen LogP contribution in [0.1, 0.15) is 22.8 Å². The molecule has 0 saturated carbocycles. The average Bonchev–Trinajstić information content (AvgIpc) is 2.57. The van der Waals surface area contributed by atoms with Gasteiger partial charge in [-0.25, -0.2) is 4.79 Å². The minimum absolute atomic E-state index is 0.105. The van der Waals surface area contributed by atoms with Gasteiger partial charge in [-0.15, -0.1) is 0 Å². The van der Waals surface area contributed by atoms with Crippen molar-refractivity contribution in [1.82, 2.24) is 0 Å². The molecule has 1 aliphatic carbocycles.